The van der Waals surface area contributed by atoms with Gasteiger partial charge in [0.05, 0.1) is 0 Å². The first-order chi connectivity index (χ1) is 6.59. The average Bonchev–Trinajstić information content (AvgIpc) is 2.15. The van der Waals surface area contributed by atoms with E-state index >= 15 is 0 Å². The van der Waals surface area contributed by atoms with Crippen molar-refractivity contribution >= 4 is 5.78 Å². The monoisotopic (exact) mass is 193 g/mol. The zero-order valence-electron chi connectivity index (χ0n) is 9.34. The summed E-state index contributed by atoms with van der Waals surface area (Å²) in [4.78, 5) is 13.4. The fourth-order valence-corrected chi connectivity index (χ4v) is 1.53. The van der Waals surface area contributed by atoms with Gasteiger partial charge in [0.15, 0.2) is 5.78 Å². The maximum Gasteiger partial charge on any atom is 0.157 e. The highest BCUT2D eigenvalue weighted by molar-refractivity contribution is 5.93. The molecule has 2 heteroatoms. The molecular formula is C12H19NO. The summed E-state index contributed by atoms with van der Waals surface area (Å²) >= 11 is 0. The molecule has 1 rings (SSSR count). The summed E-state index contributed by atoms with van der Waals surface area (Å²) in [6, 6.07) is 0. The van der Waals surface area contributed by atoms with E-state index in [2.05, 4.69) is 24.8 Å². The van der Waals surface area contributed by atoms with Gasteiger partial charge in [0.2, 0.25) is 0 Å². The summed E-state index contributed by atoms with van der Waals surface area (Å²) in [6.07, 6.45) is 6.26. The molecule has 0 fully saturated rings. The summed E-state index contributed by atoms with van der Waals surface area (Å²) in [5.74, 6) is 0.215. The van der Waals surface area contributed by atoms with Crippen molar-refractivity contribution in [1.29, 1.82) is 0 Å². The number of carbonyl (C=O) groups excluding carboxylic acids is 1. The molecule has 14 heavy (non-hydrogen) atoms. The van der Waals surface area contributed by atoms with Gasteiger partial charge in [-0.05, 0) is 33.6 Å². The molecule has 1 aliphatic heterocycles. The van der Waals surface area contributed by atoms with Crippen LogP contribution in [-0.4, -0.2) is 23.8 Å². The van der Waals surface area contributed by atoms with Crippen LogP contribution < -0.4 is 0 Å². The summed E-state index contributed by atoms with van der Waals surface area (Å²) < 4.78 is 0. The molecule has 0 aliphatic carbocycles. The molecule has 1 aliphatic rings. The molecule has 0 aromatic carbocycles. The lowest BCUT2D eigenvalue weighted by Gasteiger charge is -2.24. The normalized spacial score (nSPS) is 16.2. The highest BCUT2D eigenvalue weighted by Gasteiger charge is 2.11. The second kappa shape index (κ2) is 4.99. The molecule has 0 radical (unpaired) electrons. The van der Waals surface area contributed by atoms with E-state index in [0.717, 1.165) is 31.5 Å². The number of hydrogen-bond donors (Lipinski definition) is 0. The average molecular weight is 193 g/mol. The smallest absolute Gasteiger partial charge is 0.157 e. The largest absolute Gasteiger partial charge is 0.373 e. The number of allylic oxidation sites excluding steroid dienone is 2. The molecule has 1 heterocycles. The van der Waals surface area contributed by atoms with Crippen molar-refractivity contribution in [1.82, 2.24) is 4.90 Å². The van der Waals surface area contributed by atoms with Crippen LogP contribution in [0, 0.1) is 0 Å². The first-order valence-electron chi connectivity index (χ1n) is 5.18. The van der Waals surface area contributed by atoms with Gasteiger partial charge in [0, 0.05) is 24.9 Å². The minimum Gasteiger partial charge on any atom is -0.373 e. The summed E-state index contributed by atoms with van der Waals surface area (Å²) in [7, 11) is 0. The lowest BCUT2D eigenvalue weighted by atomic mass is 10.0. The van der Waals surface area contributed by atoms with Crippen LogP contribution >= 0.6 is 0 Å². The number of hydrogen-bond acceptors (Lipinski definition) is 2. The van der Waals surface area contributed by atoms with Crippen LogP contribution in [-0.2, 0) is 4.79 Å². The van der Waals surface area contributed by atoms with Crippen LogP contribution in [0.15, 0.2) is 23.4 Å². The Morgan fingerprint density at radius 2 is 2.21 bits per heavy atom. The van der Waals surface area contributed by atoms with Crippen LogP contribution in [0.4, 0.5) is 0 Å². The number of ketones is 1. The van der Waals surface area contributed by atoms with Crippen molar-refractivity contribution in [3.05, 3.63) is 23.4 Å². The standard InChI is InChI=1S/C12H19NO/c1-10(2)6-8-13-7-4-5-12(9-13)11(3)14/h6,9H,4-5,7-8H2,1-3H3. The minimum atomic E-state index is 0.215. The Morgan fingerprint density at radius 3 is 2.79 bits per heavy atom. The number of rotatable bonds is 3. The highest BCUT2D eigenvalue weighted by atomic mass is 16.1. The third kappa shape index (κ3) is 3.36. The third-order valence-corrected chi connectivity index (χ3v) is 2.42. The van der Waals surface area contributed by atoms with Crippen LogP contribution in [0.25, 0.3) is 0 Å². The van der Waals surface area contributed by atoms with Crippen molar-refractivity contribution in [2.75, 3.05) is 13.1 Å². The van der Waals surface area contributed by atoms with Crippen LogP contribution in [0.2, 0.25) is 0 Å². The molecular weight excluding hydrogens is 174 g/mol. The van der Waals surface area contributed by atoms with Crippen molar-refractivity contribution in [3.63, 3.8) is 0 Å². The lowest BCUT2D eigenvalue weighted by molar-refractivity contribution is -0.113. The Kier molecular flexibility index (Phi) is 3.93. The molecule has 0 bridgehead atoms. The fraction of sp³-hybridized carbons (Fsp3) is 0.583. The number of Topliss-reactive ketones (excluding diaryl/α,β-unsaturated/α-hetero) is 1. The molecule has 0 saturated carbocycles. The Labute approximate surface area is 86.3 Å². The molecule has 0 unspecified atom stereocenters. The second-order valence-corrected chi connectivity index (χ2v) is 4.09. The lowest BCUT2D eigenvalue weighted by Crippen LogP contribution is -2.24. The molecule has 78 valence electrons. The van der Waals surface area contributed by atoms with Crippen molar-refractivity contribution < 1.29 is 4.79 Å². The van der Waals surface area contributed by atoms with E-state index in [0.29, 0.717) is 0 Å². The zero-order chi connectivity index (χ0) is 10.6. The van der Waals surface area contributed by atoms with Gasteiger partial charge in [-0.25, -0.2) is 0 Å². The molecule has 0 aromatic rings. The first-order valence-corrected chi connectivity index (χ1v) is 5.18. The molecule has 0 N–H and O–H groups in total. The topological polar surface area (TPSA) is 20.3 Å². The fourth-order valence-electron chi connectivity index (χ4n) is 1.53. The van der Waals surface area contributed by atoms with Crippen molar-refractivity contribution in [3.8, 4) is 0 Å². The van der Waals surface area contributed by atoms with Crippen LogP contribution in [0.3, 0.4) is 0 Å². The van der Waals surface area contributed by atoms with Gasteiger partial charge < -0.3 is 4.90 Å². The molecule has 0 aromatic heterocycles. The molecule has 0 spiro atoms. The Balaban J connectivity index is 2.59. The molecule has 0 amide bonds. The van der Waals surface area contributed by atoms with E-state index in [4.69, 9.17) is 0 Å². The van der Waals surface area contributed by atoms with Crippen LogP contribution in [0.1, 0.15) is 33.6 Å². The molecule has 0 saturated heterocycles. The summed E-state index contributed by atoms with van der Waals surface area (Å²) in [6.45, 7) is 7.84. The van der Waals surface area contributed by atoms with E-state index < -0.39 is 0 Å². The van der Waals surface area contributed by atoms with Gasteiger partial charge in [-0.1, -0.05) is 11.6 Å². The minimum absolute atomic E-state index is 0.215. The van der Waals surface area contributed by atoms with E-state index in [9.17, 15) is 4.79 Å². The number of carbonyl (C=O) groups is 1. The van der Waals surface area contributed by atoms with Gasteiger partial charge in [0.25, 0.3) is 0 Å². The van der Waals surface area contributed by atoms with Gasteiger partial charge >= 0.3 is 0 Å². The van der Waals surface area contributed by atoms with E-state index in [1.54, 1.807) is 6.92 Å². The summed E-state index contributed by atoms with van der Waals surface area (Å²) in [5, 5.41) is 0. The van der Waals surface area contributed by atoms with Gasteiger partial charge in [-0.2, -0.15) is 0 Å². The summed E-state index contributed by atoms with van der Waals surface area (Å²) in [5.41, 5.74) is 2.30. The predicted molar refractivity (Wildman–Crippen MR) is 59.0 cm³/mol. The zero-order valence-corrected chi connectivity index (χ0v) is 9.34. The van der Waals surface area contributed by atoms with E-state index in [1.165, 1.54) is 5.57 Å². The molecule has 0 atom stereocenters. The Bertz CT molecular complexity index is 272. The number of nitrogens with zero attached hydrogens (tertiary/aromatic N) is 1. The quantitative estimate of drug-likeness (QED) is 0.642. The molecule has 2 nitrogen and oxygen atoms in total. The van der Waals surface area contributed by atoms with Gasteiger partial charge in [0.1, 0.15) is 0 Å². The SMILES string of the molecule is CC(=O)C1=CN(CC=C(C)C)CCC1. The maximum atomic E-state index is 11.2. The van der Waals surface area contributed by atoms with E-state index in [-0.39, 0.29) is 5.78 Å². The Morgan fingerprint density at radius 1 is 1.50 bits per heavy atom. The predicted octanol–water partition coefficient (Wildman–Crippen LogP) is 2.52. The maximum absolute atomic E-state index is 11.2. The third-order valence-electron chi connectivity index (χ3n) is 2.42. The highest BCUT2D eigenvalue weighted by Crippen LogP contribution is 2.15. The van der Waals surface area contributed by atoms with Gasteiger partial charge in [-0.15, -0.1) is 0 Å². The second-order valence-electron chi connectivity index (χ2n) is 4.09. The van der Waals surface area contributed by atoms with Crippen LogP contribution in [0.5, 0.6) is 0 Å². The Hall–Kier alpha value is -1.05. The van der Waals surface area contributed by atoms with Crippen molar-refractivity contribution in [2.24, 2.45) is 0 Å². The van der Waals surface area contributed by atoms with Gasteiger partial charge in [-0.3, -0.25) is 4.79 Å². The van der Waals surface area contributed by atoms with Crippen molar-refractivity contribution in [2.45, 2.75) is 33.6 Å². The van der Waals surface area contributed by atoms with E-state index in [1.807, 2.05) is 6.20 Å². The first kappa shape index (κ1) is 11.0.